The van der Waals surface area contributed by atoms with Crippen LogP contribution in [0, 0.1) is 0 Å². The van der Waals surface area contributed by atoms with Gasteiger partial charge in [-0.05, 0) is 55.8 Å². The molecule has 6 nitrogen and oxygen atoms in total. The Labute approximate surface area is 150 Å². The fourth-order valence-corrected chi connectivity index (χ4v) is 4.99. The first-order chi connectivity index (χ1) is 12.1. The number of nitrogens with zero attached hydrogens (tertiary/aromatic N) is 1. The summed E-state index contributed by atoms with van der Waals surface area (Å²) in [6.45, 7) is 3.36. The van der Waals surface area contributed by atoms with Crippen LogP contribution >= 0.6 is 0 Å². The SMILES string of the molecule is O=C(NCCS(=O)(=O)N1CCCC1)c1cccc(C2CCCNC2)c1. The monoisotopic (exact) mass is 365 g/mol. The van der Waals surface area contributed by atoms with Crippen LogP contribution in [0.2, 0.25) is 0 Å². The van der Waals surface area contributed by atoms with Crippen molar-refractivity contribution in [2.45, 2.75) is 31.6 Å². The summed E-state index contributed by atoms with van der Waals surface area (Å²) in [6.07, 6.45) is 4.13. The molecule has 1 atom stereocenters. The first kappa shape index (κ1) is 18.4. The van der Waals surface area contributed by atoms with Gasteiger partial charge in [0.25, 0.3) is 5.91 Å². The number of carbonyl (C=O) groups excluding carboxylic acids is 1. The van der Waals surface area contributed by atoms with Gasteiger partial charge in [-0.2, -0.15) is 0 Å². The maximum Gasteiger partial charge on any atom is 0.251 e. The summed E-state index contributed by atoms with van der Waals surface area (Å²) >= 11 is 0. The Hall–Kier alpha value is -1.44. The Morgan fingerprint density at radius 1 is 1.24 bits per heavy atom. The average molecular weight is 365 g/mol. The van der Waals surface area contributed by atoms with Crippen molar-refractivity contribution in [3.8, 4) is 0 Å². The molecule has 1 amide bonds. The molecule has 1 aromatic rings. The molecule has 0 spiro atoms. The predicted molar refractivity (Wildman–Crippen MR) is 98.2 cm³/mol. The van der Waals surface area contributed by atoms with E-state index < -0.39 is 10.0 Å². The molecule has 2 aliphatic rings. The van der Waals surface area contributed by atoms with Crippen LogP contribution in [-0.4, -0.2) is 57.1 Å². The lowest BCUT2D eigenvalue weighted by Crippen LogP contribution is -2.36. The Morgan fingerprint density at radius 3 is 2.76 bits per heavy atom. The summed E-state index contributed by atoms with van der Waals surface area (Å²) in [6, 6.07) is 7.68. The molecule has 2 N–H and O–H groups in total. The zero-order valence-electron chi connectivity index (χ0n) is 14.5. The summed E-state index contributed by atoms with van der Waals surface area (Å²) in [5.41, 5.74) is 1.77. The van der Waals surface area contributed by atoms with Crippen molar-refractivity contribution in [2.75, 3.05) is 38.5 Å². The number of nitrogens with one attached hydrogen (secondary N) is 2. The number of carbonyl (C=O) groups is 1. The Bertz CT molecular complexity index is 693. The Balaban J connectivity index is 1.54. The van der Waals surface area contributed by atoms with Gasteiger partial charge in [0.1, 0.15) is 0 Å². The molecule has 2 saturated heterocycles. The van der Waals surface area contributed by atoms with Crippen molar-refractivity contribution < 1.29 is 13.2 Å². The number of hydrogen-bond acceptors (Lipinski definition) is 4. The van der Waals surface area contributed by atoms with E-state index in [0.29, 0.717) is 24.6 Å². The summed E-state index contributed by atoms with van der Waals surface area (Å²) in [5, 5.41) is 6.14. The molecule has 7 heteroatoms. The maximum atomic E-state index is 12.4. The minimum Gasteiger partial charge on any atom is -0.351 e. The van der Waals surface area contributed by atoms with E-state index in [1.165, 1.54) is 9.87 Å². The van der Waals surface area contributed by atoms with Gasteiger partial charge < -0.3 is 10.6 Å². The van der Waals surface area contributed by atoms with Crippen LogP contribution in [0.3, 0.4) is 0 Å². The van der Waals surface area contributed by atoms with Crippen LogP contribution < -0.4 is 10.6 Å². The van der Waals surface area contributed by atoms with Gasteiger partial charge in [0.15, 0.2) is 0 Å². The molecule has 0 bridgehead atoms. The second kappa shape index (κ2) is 8.29. The number of sulfonamides is 1. The number of hydrogen-bond donors (Lipinski definition) is 2. The highest BCUT2D eigenvalue weighted by atomic mass is 32.2. The van der Waals surface area contributed by atoms with Gasteiger partial charge in [0, 0.05) is 31.7 Å². The van der Waals surface area contributed by atoms with Crippen molar-refractivity contribution in [3.63, 3.8) is 0 Å². The quantitative estimate of drug-likeness (QED) is 0.797. The smallest absolute Gasteiger partial charge is 0.251 e. The topological polar surface area (TPSA) is 78.5 Å². The Kier molecular flexibility index (Phi) is 6.09. The molecule has 2 heterocycles. The molecular weight excluding hydrogens is 338 g/mol. The van der Waals surface area contributed by atoms with E-state index in [9.17, 15) is 13.2 Å². The Morgan fingerprint density at radius 2 is 2.04 bits per heavy atom. The highest BCUT2D eigenvalue weighted by molar-refractivity contribution is 7.89. The normalized spacial score (nSPS) is 22.0. The zero-order valence-corrected chi connectivity index (χ0v) is 15.4. The van der Waals surface area contributed by atoms with Gasteiger partial charge in [0.2, 0.25) is 10.0 Å². The number of rotatable bonds is 6. The van der Waals surface area contributed by atoms with E-state index in [-0.39, 0.29) is 18.2 Å². The molecule has 3 rings (SSSR count). The van der Waals surface area contributed by atoms with Crippen LogP contribution in [-0.2, 0) is 10.0 Å². The fourth-order valence-electron chi connectivity index (χ4n) is 3.56. The van der Waals surface area contributed by atoms with Crippen LogP contribution in [0.15, 0.2) is 24.3 Å². The van der Waals surface area contributed by atoms with Gasteiger partial charge in [-0.1, -0.05) is 12.1 Å². The van der Waals surface area contributed by atoms with Gasteiger partial charge in [-0.15, -0.1) is 0 Å². The van der Waals surface area contributed by atoms with E-state index in [2.05, 4.69) is 16.7 Å². The maximum absolute atomic E-state index is 12.4. The fraction of sp³-hybridized carbons (Fsp3) is 0.611. The highest BCUT2D eigenvalue weighted by Crippen LogP contribution is 2.23. The van der Waals surface area contributed by atoms with Gasteiger partial charge in [-0.25, -0.2) is 12.7 Å². The summed E-state index contributed by atoms with van der Waals surface area (Å²) in [5.74, 6) is 0.199. The number of benzene rings is 1. The highest BCUT2D eigenvalue weighted by Gasteiger charge is 2.25. The van der Waals surface area contributed by atoms with Crippen molar-refractivity contribution in [3.05, 3.63) is 35.4 Å². The standard InChI is InChI=1S/C18H27N3O3S/c22-18(20-9-12-25(23,24)21-10-1-2-11-21)16-6-3-5-15(13-16)17-7-4-8-19-14-17/h3,5-6,13,17,19H,1-2,4,7-12,14H2,(H,20,22). The van der Waals surface area contributed by atoms with Crippen LogP contribution in [0.4, 0.5) is 0 Å². The summed E-state index contributed by atoms with van der Waals surface area (Å²) in [4.78, 5) is 12.4. The second-order valence-electron chi connectivity index (χ2n) is 6.85. The van der Waals surface area contributed by atoms with Gasteiger partial charge >= 0.3 is 0 Å². The van der Waals surface area contributed by atoms with Gasteiger partial charge in [0.05, 0.1) is 5.75 Å². The third kappa shape index (κ3) is 4.80. The van der Waals surface area contributed by atoms with Crippen molar-refractivity contribution >= 4 is 15.9 Å². The van der Waals surface area contributed by atoms with Crippen molar-refractivity contribution in [2.24, 2.45) is 0 Å². The van der Waals surface area contributed by atoms with Crippen LogP contribution in [0.1, 0.15) is 47.5 Å². The van der Waals surface area contributed by atoms with Gasteiger partial charge in [-0.3, -0.25) is 4.79 Å². The van der Waals surface area contributed by atoms with Crippen molar-refractivity contribution in [1.82, 2.24) is 14.9 Å². The second-order valence-corrected chi connectivity index (χ2v) is 8.94. The van der Waals surface area contributed by atoms with E-state index >= 15 is 0 Å². The van der Waals surface area contributed by atoms with E-state index in [0.717, 1.165) is 38.8 Å². The lowest BCUT2D eigenvalue weighted by molar-refractivity contribution is 0.0956. The third-order valence-electron chi connectivity index (χ3n) is 5.02. The molecule has 2 fully saturated rings. The molecule has 0 aromatic heterocycles. The molecule has 2 aliphatic heterocycles. The predicted octanol–water partition coefficient (Wildman–Crippen LogP) is 1.31. The molecule has 0 radical (unpaired) electrons. The van der Waals surface area contributed by atoms with E-state index in [1.807, 2.05) is 12.1 Å². The summed E-state index contributed by atoms with van der Waals surface area (Å²) < 4.78 is 25.9. The lowest BCUT2D eigenvalue weighted by Gasteiger charge is -2.23. The number of amides is 1. The average Bonchev–Trinajstić information content (AvgIpc) is 3.18. The van der Waals surface area contributed by atoms with E-state index in [4.69, 9.17) is 0 Å². The molecule has 1 unspecified atom stereocenters. The molecule has 25 heavy (non-hydrogen) atoms. The minimum absolute atomic E-state index is 0.0367. The lowest BCUT2D eigenvalue weighted by atomic mass is 9.90. The van der Waals surface area contributed by atoms with Crippen molar-refractivity contribution in [1.29, 1.82) is 0 Å². The molecule has 0 saturated carbocycles. The molecule has 0 aliphatic carbocycles. The first-order valence-electron chi connectivity index (χ1n) is 9.13. The molecule has 1 aromatic carbocycles. The van der Waals surface area contributed by atoms with Crippen LogP contribution in [0.5, 0.6) is 0 Å². The number of piperidine rings is 1. The summed E-state index contributed by atoms with van der Waals surface area (Å²) in [7, 11) is -3.25. The van der Waals surface area contributed by atoms with E-state index in [1.54, 1.807) is 6.07 Å². The van der Waals surface area contributed by atoms with Crippen LogP contribution in [0.25, 0.3) is 0 Å². The largest absolute Gasteiger partial charge is 0.351 e. The first-order valence-corrected chi connectivity index (χ1v) is 10.7. The molecular formula is C18H27N3O3S. The minimum atomic E-state index is -3.25. The molecule has 138 valence electrons. The zero-order chi connectivity index (χ0) is 17.7. The third-order valence-corrected chi connectivity index (χ3v) is 6.89.